The van der Waals surface area contributed by atoms with Gasteiger partial charge in [0.25, 0.3) is 5.91 Å². The molecule has 4 saturated carbocycles. The Kier molecular flexibility index (Phi) is 7.40. The number of benzene rings is 2. The Labute approximate surface area is 213 Å². The standard InChI is InChI=1S/C30H36N2O4/c33-27(17-30-14-24-11-25(15-30)13-26(12-24)16-30)31-18-29(35)36-21-28(34)32(19-22-7-3-1-4-8-22)20-23-9-5-2-6-10-23/h1-10,24-26H,11-21H2,(H,31,33). The molecule has 2 aromatic carbocycles. The van der Waals surface area contributed by atoms with Gasteiger partial charge in [-0.05, 0) is 72.8 Å². The number of esters is 1. The molecule has 2 aromatic rings. The Balaban J connectivity index is 1.09. The van der Waals surface area contributed by atoms with Crippen LogP contribution in [-0.4, -0.2) is 35.8 Å². The summed E-state index contributed by atoms with van der Waals surface area (Å²) in [5.74, 6) is 1.44. The van der Waals surface area contributed by atoms with Crippen LogP contribution in [0.25, 0.3) is 0 Å². The maximum atomic E-state index is 13.0. The maximum absolute atomic E-state index is 13.0. The molecule has 2 amide bonds. The first-order chi connectivity index (χ1) is 17.5. The lowest BCUT2D eigenvalue weighted by Crippen LogP contribution is -2.48. The molecule has 0 unspecified atom stereocenters. The Bertz CT molecular complexity index is 992. The highest BCUT2D eigenvalue weighted by molar-refractivity contribution is 5.84. The Morgan fingerprint density at radius 1 is 0.806 bits per heavy atom. The number of amides is 2. The first-order valence-corrected chi connectivity index (χ1v) is 13.2. The number of ether oxygens (including phenoxy) is 1. The van der Waals surface area contributed by atoms with Crippen molar-refractivity contribution in [1.29, 1.82) is 0 Å². The van der Waals surface area contributed by atoms with Crippen molar-refractivity contribution in [3.05, 3.63) is 71.8 Å². The molecule has 6 nitrogen and oxygen atoms in total. The van der Waals surface area contributed by atoms with E-state index in [1.807, 2.05) is 60.7 Å². The second kappa shape index (κ2) is 10.9. The summed E-state index contributed by atoms with van der Waals surface area (Å²) in [6.45, 7) is 0.307. The number of hydrogen-bond donors (Lipinski definition) is 1. The second-order valence-corrected chi connectivity index (χ2v) is 11.3. The SMILES string of the molecule is O=C(CC12CC3CC(CC(C3)C1)C2)NCC(=O)OCC(=O)N(Cc1ccccc1)Cc1ccccc1. The number of carbonyl (C=O) groups is 3. The summed E-state index contributed by atoms with van der Waals surface area (Å²) in [5.41, 5.74) is 2.14. The van der Waals surface area contributed by atoms with E-state index in [1.54, 1.807) is 4.90 Å². The van der Waals surface area contributed by atoms with E-state index >= 15 is 0 Å². The lowest BCUT2D eigenvalue weighted by Gasteiger charge is -2.56. The van der Waals surface area contributed by atoms with Gasteiger partial charge in [0.05, 0.1) is 0 Å². The summed E-state index contributed by atoms with van der Waals surface area (Å²) >= 11 is 0. The van der Waals surface area contributed by atoms with Gasteiger partial charge in [0.1, 0.15) is 6.54 Å². The number of hydrogen-bond acceptors (Lipinski definition) is 4. The highest BCUT2D eigenvalue weighted by Crippen LogP contribution is 2.61. The molecule has 6 rings (SSSR count). The van der Waals surface area contributed by atoms with Gasteiger partial charge in [0.15, 0.2) is 6.61 Å². The molecule has 0 radical (unpaired) electrons. The molecule has 0 aromatic heterocycles. The lowest BCUT2D eigenvalue weighted by molar-refractivity contribution is -0.152. The minimum Gasteiger partial charge on any atom is -0.454 e. The normalized spacial score (nSPS) is 25.8. The van der Waals surface area contributed by atoms with Crippen LogP contribution in [0, 0.1) is 23.2 Å². The van der Waals surface area contributed by atoms with Crippen molar-refractivity contribution >= 4 is 17.8 Å². The van der Waals surface area contributed by atoms with E-state index in [4.69, 9.17) is 4.74 Å². The molecule has 36 heavy (non-hydrogen) atoms. The molecule has 0 aliphatic heterocycles. The molecule has 4 aliphatic rings. The summed E-state index contributed by atoms with van der Waals surface area (Å²) in [7, 11) is 0. The maximum Gasteiger partial charge on any atom is 0.325 e. The Morgan fingerprint density at radius 3 is 1.81 bits per heavy atom. The van der Waals surface area contributed by atoms with Gasteiger partial charge >= 0.3 is 5.97 Å². The van der Waals surface area contributed by atoms with Gasteiger partial charge in [-0.3, -0.25) is 14.4 Å². The van der Waals surface area contributed by atoms with E-state index in [2.05, 4.69) is 5.32 Å². The van der Waals surface area contributed by atoms with Gasteiger partial charge in [0.2, 0.25) is 5.91 Å². The number of rotatable bonds is 10. The minimum atomic E-state index is -0.582. The summed E-state index contributed by atoms with van der Waals surface area (Å²) in [4.78, 5) is 39.7. The molecule has 0 atom stereocenters. The van der Waals surface area contributed by atoms with Crippen molar-refractivity contribution in [2.75, 3.05) is 13.2 Å². The van der Waals surface area contributed by atoms with Crippen LogP contribution in [0.5, 0.6) is 0 Å². The van der Waals surface area contributed by atoms with Gasteiger partial charge in [-0.25, -0.2) is 0 Å². The largest absolute Gasteiger partial charge is 0.454 e. The molecule has 1 N–H and O–H groups in total. The van der Waals surface area contributed by atoms with Crippen molar-refractivity contribution in [3.63, 3.8) is 0 Å². The molecular formula is C30H36N2O4. The smallest absolute Gasteiger partial charge is 0.325 e. The molecule has 4 aliphatic carbocycles. The van der Waals surface area contributed by atoms with Crippen LogP contribution >= 0.6 is 0 Å². The van der Waals surface area contributed by atoms with Gasteiger partial charge in [-0.15, -0.1) is 0 Å². The summed E-state index contributed by atoms with van der Waals surface area (Å²) in [5, 5.41) is 2.75. The van der Waals surface area contributed by atoms with Crippen LogP contribution in [0.15, 0.2) is 60.7 Å². The molecule has 0 heterocycles. The fourth-order valence-corrected chi connectivity index (χ4v) is 7.20. The third-order valence-electron chi connectivity index (χ3n) is 8.27. The minimum absolute atomic E-state index is 0.0741. The molecule has 6 heteroatoms. The Hall–Kier alpha value is -3.15. The van der Waals surface area contributed by atoms with E-state index in [0.717, 1.165) is 48.1 Å². The Morgan fingerprint density at radius 2 is 1.31 bits per heavy atom. The van der Waals surface area contributed by atoms with E-state index in [1.165, 1.54) is 19.3 Å². The third kappa shape index (κ3) is 6.15. The summed E-state index contributed by atoms with van der Waals surface area (Å²) < 4.78 is 5.26. The van der Waals surface area contributed by atoms with E-state index in [9.17, 15) is 14.4 Å². The second-order valence-electron chi connectivity index (χ2n) is 11.3. The van der Waals surface area contributed by atoms with Crippen molar-refractivity contribution in [2.24, 2.45) is 23.2 Å². The third-order valence-corrected chi connectivity index (χ3v) is 8.27. The van der Waals surface area contributed by atoms with E-state index < -0.39 is 5.97 Å². The first-order valence-electron chi connectivity index (χ1n) is 13.2. The quantitative estimate of drug-likeness (QED) is 0.501. The zero-order valence-corrected chi connectivity index (χ0v) is 20.9. The highest BCUT2D eigenvalue weighted by Gasteiger charge is 2.51. The lowest BCUT2D eigenvalue weighted by atomic mass is 9.49. The van der Waals surface area contributed by atoms with Crippen molar-refractivity contribution in [1.82, 2.24) is 10.2 Å². The monoisotopic (exact) mass is 488 g/mol. The van der Waals surface area contributed by atoms with Gasteiger partial charge < -0.3 is 15.0 Å². The fourth-order valence-electron chi connectivity index (χ4n) is 7.20. The van der Waals surface area contributed by atoms with Crippen LogP contribution in [0.2, 0.25) is 0 Å². The molecule has 0 spiro atoms. The van der Waals surface area contributed by atoms with Crippen LogP contribution in [0.3, 0.4) is 0 Å². The number of carbonyl (C=O) groups excluding carboxylic acids is 3. The zero-order valence-electron chi connectivity index (χ0n) is 20.9. The van der Waals surface area contributed by atoms with Gasteiger partial charge in [-0.1, -0.05) is 60.7 Å². The van der Waals surface area contributed by atoms with Crippen LogP contribution < -0.4 is 5.32 Å². The van der Waals surface area contributed by atoms with Crippen LogP contribution in [-0.2, 0) is 32.2 Å². The van der Waals surface area contributed by atoms with Crippen LogP contribution in [0.4, 0.5) is 0 Å². The van der Waals surface area contributed by atoms with E-state index in [0.29, 0.717) is 19.5 Å². The molecular weight excluding hydrogens is 452 g/mol. The van der Waals surface area contributed by atoms with Crippen molar-refractivity contribution in [2.45, 2.75) is 58.0 Å². The highest BCUT2D eigenvalue weighted by atomic mass is 16.5. The number of nitrogens with zero attached hydrogens (tertiary/aromatic N) is 1. The van der Waals surface area contributed by atoms with Crippen LogP contribution in [0.1, 0.15) is 56.1 Å². The van der Waals surface area contributed by atoms with Crippen molar-refractivity contribution in [3.8, 4) is 0 Å². The number of nitrogens with one attached hydrogen (secondary N) is 1. The average Bonchev–Trinajstić information content (AvgIpc) is 2.86. The fraction of sp³-hybridized carbons (Fsp3) is 0.500. The molecule has 4 fully saturated rings. The topological polar surface area (TPSA) is 75.7 Å². The molecule has 190 valence electrons. The molecule has 4 bridgehead atoms. The van der Waals surface area contributed by atoms with Crippen molar-refractivity contribution < 1.29 is 19.1 Å². The summed E-state index contributed by atoms with van der Waals surface area (Å²) in [6, 6.07) is 19.5. The van der Waals surface area contributed by atoms with Gasteiger partial charge in [-0.2, -0.15) is 0 Å². The predicted molar refractivity (Wildman–Crippen MR) is 136 cm³/mol. The molecule has 0 saturated heterocycles. The average molecular weight is 489 g/mol. The summed E-state index contributed by atoms with van der Waals surface area (Å²) in [6.07, 6.45) is 8.00. The zero-order chi connectivity index (χ0) is 25.0. The predicted octanol–water partition coefficient (Wildman–Crippen LogP) is 4.48. The van der Waals surface area contributed by atoms with Gasteiger partial charge in [0, 0.05) is 19.5 Å². The van der Waals surface area contributed by atoms with E-state index in [-0.39, 0.29) is 30.4 Å². The first kappa shape index (κ1) is 24.5.